The molecule has 3 rings (SSSR count). The van der Waals surface area contributed by atoms with Crippen molar-refractivity contribution in [1.82, 2.24) is 14.4 Å². The summed E-state index contributed by atoms with van der Waals surface area (Å²) in [5, 5.41) is 0. The number of aromatic nitrogens is 1. The minimum absolute atomic E-state index is 0.0907. The fourth-order valence-electron chi connectivity index (χ4n) is 3.12. The molecule has 1 unspecified atom stereocenters. The molecule has 0 saturated heterocycles. The molecule has 5 nitrogen and oxygen atoms in total. The summed E-state index contributed by atoms with van der Waals surface area (Å²) in [7, 11) is 2.01. The van der Waals surface area contributed by atoms with Gasteiger partial charge in [0.2, 0.25) is 11.8 Å². The van der Waals surface area contributed by atoms with E-state index in [1.165, 1.54) is 0 Å². The van der Waals surface area contributed by atoms with Crippen LogP contribution in [-0.2, 0) is 23.2 Å². The summed E-state index contributed by atoms with van der Waals surface area (Å²) in [5.41, 5.74) is 1.14. The number of nitrogens with zero attached hydrogens (tertiary/aromatic N) is 3. The third-order valence-electron chi connectivity index (χ3n) is 5.33. The summed E-state index contributed by atoms with van der Waals surface area (Å²) in [6.45, 7) is 4.99. The maximum absolute atomic E-state index is 13.0. The van der Waals surface area contributed by atoms with Gasteiger partial charge in [-0.05, 0) is 51.2 Å². The summed E-state index contributed by atoms with van der Waals surface area (Å²) in [5.74, 6) is 0.425. The zero-order valence-electron chi connectivity index (χ0n) is 15.1. The molecule has 2 saturated carbocycles. The van der Waals surface area contributed by atoms with Crippen molar-refractivity contribution in [2.75, 3.05) is 6.54 Å². The van der Waals surface area contributed by atoms with Gasteiger partial charge in [-0.1, -0.05) is 6.92 Å². The van der Waals surface area contributed by atoms with E-state index < -0.39 is 0 Å². The second-order valence-electron chi connectivity index (χ2n) is 7.36. The van der Waals surface area contributed by atoms with Crippen molar-refractivity contribution < 1.29 is 9.59 Å². The van der Waals surface area contributed by atoms with Crippen LogP contribution >= 0.6 is 0 Å². The first-order valence-electron chi connectivity index (χ1n) is 9.21. The van der Waals surface area contributed by atoms with E-state index in [9.17, 15) is 9.59 Å². The zero-order valence-corrected chi connectivity index (χ0v) is 15.1. The Balaban J connectivity index is 1.69. The molecule has 0 aliphatic heterocycles. The van der Waals surface area contributed by atoms with E-state index in [-0.39, 0.29) is 30.3 Å². The Morgan fingerprint density at radius 3 is 2.50 bits per heavy atom. The number of amides is 2. The highest BCUT2D eigenvalue weighted by Crippen LogP contribution is 2.33. The maximum Gasteiger partial charge on any atom is 0.242 e. The number of aryl methyl sites for hydroxylation is 1. The molecule has 0 bridgehead atoms. The van der Waals surface area contributed by atoms with Gasteiger partial charge < -0.3 is 14.4 Å². The van der Waals surface area contributed by atoms with Gasteiger partial charge in [-0.2, -0.15) is 0 Å². The van der Waals surface area contributed by atoms with Crippen LogP contribution < -0.4 is 0 Å². The molecule has 5 heteroatoms. The van der Waals surface area contributed by atoms with Gasteiger partial charge in [-0.3, -0.25) is 9.59 Å². The second-order valence-corrected chi connectivity index (χ2v) is 7.36. The Labute approximate surface area is 144 Å². The van der Waals surface area contributed by atoms with E-state index in [1.807, 2.05) is 36.0 Å². The Morgan fingerprint density at radius 2 is 2.00 bits per heavy atom. The van der Waals surface area contributed by atoms with Crippen molar-refractivity contribution in [3.63, 3.8) is 0 Å². The summed E-state index contributed by atoms with van der Waals surface area (Å²) < 4.78 is 2.06. The van der Waals surface area contributed by atoms with E-state index in [0.717, 1.165) is 37.8 Å². The van der Waals surface area contributed by atoms with Crippen LogP contribution in [0.2, 0.25) is 0 Å². The lowest BCUT2D eigenvalue weighted by atomic mass is 10.2. The molecule has 0 aromatic carbocycles. The summed E-state index contributed by atoms with van der Waals surface area (Å²) >= 11 is 0. The first-order valence-corrected chi connectivity index (χ1v) is 9.21. The highest BCUT2D eigenvalue weighted by molar-refractivity contribution is 5.87. The lowest BCUT2D eigenvalue weighted by Gasteiger charge is -2.31. The molecule has 132 valence electrons. The monoisotopic (exact) mass is 331 g/mol. The summed E-state index contributed by atoms with van der Waals surface area (Å²) in [6.07, 6.45) is 7.01. The molecular weight excluding hydrogens is 302 g/mol. The number of rotatable bonds is 8. The number of carbonyl (C=O) groups excluding carboxylic acids is 2. The lowest BCUT2D eigenvalue weighted by Crippen LogP contribution is -2.47. The molecule has 0 spiro atoms. The SMILES string of the molecule is CCC(C)N(CC(=O)N(Cc1cccn1C)C1CC1)C(=O)C1CC1. The van der Waals surface area contributed by atoms with Crippen LogP contribution in [0.3, 0.4) is 0 Å². The van der Waals surface area contributed by atoms with Crippen molar-refractivity contribution in [2.24, 2.45) is 13.0 Å². The molecule has 2 fully saturated rings. The number of carbonyl (C=O) groups is 2. The standard InChI is InChI=1S/C19H29N3O2/c1-4-14(2)21(19(24)15-7-8-15)13-18(23)22(16-9-10-16)12-17-6-5-11-20(17)3/h5-6,11,14-16H,4,7-10,12-13H2,1-3H3. The number of hydrogen-bond acceptors (Lipinski definition) is 2. The predicted octanol–water partition coefficient (Wildman–Crippen LogP) is 2.55. The van der Waals surface area contributed by atoms with Gasteiger partial charge in [0.05, 0.1) is 6.54 Å². The number of hydrogen-bond donors (Lipinski definition) is 0. The van der Waals surface area contributed by atoms with Gasteiger partial charge >= 0.3 is 0 Å². The first-order chi connectivity index (χ1) is 11.5. The van der Waals surface area contributed by atoms with Crippen LogP contribution in [0, 0.1) is 5.92 Å². The van der Waals surface area contributed by atoms with E-state index in [0.29, 0.717) is 12.6 Å². The van der Waals surface area contributed by atoms with Crippen molar-refractivity contribution >= 4 is 11.8 Å². The summed E-state index contributed by atoms with van der Waals surface area (Å²) in [6, 6.07) is 4.54. The zero-order chi connectivity index (χ0) is 17.3. The minimum Gasteiger partial charge on any atom is -0.353 e. The third-order valence-corrected chi connectivity index (χ3v) is 5.33. The molecule has 1 atom stereocenters. The van der Waals surface area contributed by atoms with Gasteiger partial charge in [0.1, 0.15) is 6.54 Å². The van der Waals surface area contributed by atoms with Gasteiger partial charge in [0, 0.05) is 36.9 Å². The van der Waals surface area contributed by atoms with Crippen molar-refractivity contribution in [2.45, 2.75) is 64.6 Å². The topological polar surface area (TPSA) is 45.6 Å². The third kappa shape index (κ3) is 3.82. The normalized spacial score (nSPS) is 18.3. The van der Waals surface area contributed by atoms with Crippen molar-refractivity contribution in [3.05, 3.63) is 24.0 Å². The minimum atomic E-state index is 0.0907. The van der Waals surface area contributed by atoms with Crippen LogP contribution in [0.4, 0.5) is 0 Å². The van der Waals surface area contributed by atoms with Crippen LogP contribution in [0.15, 0.2) is 18.3 Å². The lowest BCUT2D eigenvalue weighted by molar-refractivity contribution is -0.143. The molecule has 24 heavy (non-hydrogen) atoms. The second kappa shape index (κ2) is 6.99. The Bertz CT molecular complexity index is 602. The van der Waals surface area contributed by atoms with Crippen LogP contribution in [0.1, 0.15) is 51.6 Å². The van der Waals surface area contributed by atoms with Crippen LogP contribution in [0.5, 0.6) is 0 Å². The molecule has 2 aliphatic carbocycles. The van der Waals surface area contributed by atoms with Gasteiger partial charge in [-0.25, -0.2) is 0 Å². The van der Waals surface area contributed by atoms with E-state index >= 15 is 0 Å². The Kier molecular flexibility index (Phi) is 4.97. The van der Waals surface area contributed by atoms with Crippen molar-refractivity contribution in [3.8, 4) is 0 Å². The molecular formula is C19H29N3O2. The molecule has 1 heterocycles. The molecule has 0 radical (unpaired) electrons. The highest BCUT2D eigenvalue weighted by Gasteiger charge is 2.38. The fraction of sp³-hybridized carbons (Fsp3) is 0.684. The first kappa shape index (κ1) is 17.1. The molecule has 2 aliphatic rings. The predicted molar refractivity (Wildman–Crippen MR) is 93.2 cm³/mol. The summed E-state index contributed by atoms with van der Waals surface area (Å²) in [4.78, 5) is 29.3. The molecule has 1 aromatic rings. The van der Waals surface area contributed by atoms with E-state index in [1.54, 1.807) is 0 Å². The van der Waals surface area contributed by atoms with Gasteiger partial charge in [0.25, 0.3) is 0 Å². The average Bonchev–Trinajstić information content (AvgIpc) is 3.47. The molecule has 2 amide bonds. The fourth-order valence-corrected chi connectivity index (χ4v) is 3.12. The van der Waals surface area contributed by atoms with Gasteiger partial charge in [0.15, 0.2) is 0 Å². The quantitative estimate of drug-likeness (QED) is 0.735. The largest absolute Gasteiger partial charge is 0.353 e. The van der Waals surface area contributed by atoms with Crippen LogP contribution in [0.25, 0.3) is 0 Å². The van der Waals surface area contributed by atoms with Gasteiger partial charge in [-0.15, -0.1) is 0 Å². The Morgan fingerprint density at radius 1 is 1.29 bits per heavy atom. The smallest absolute Gasteiger partial charge is 0.242 e. The average molecular weight is 331 g/mol. The Hall–Kier alpha value is -1.78. The highest BCUT2D eigenvalue weighted by atomic mass is 16.2. The van der Waals surface area contributed by atoms with E-state index in [4.69, 9.17) is 0 Å². The van der Waals surface area contributed by atoms with E-state index in [2.05, 4.69) is 17.6 Å². The molecule has 0 N–H and O–H groups in total. The van der Waals surface area contributed by atoms with Crippen LogP contribution in [-0.4, -0.2) is 44.8 Å². The molecule has 1 aromatic heterocycles. The maximum atomic E-state index is 13.0. The van der Waals surface area contributed by atoms with Crippen molar-refractivity contribution in [1.29, 1.82) is 0 Å².